The van der Waals surface area contributed by atoms with E-state index in [9.17, 15) is 14.4 Å². The van der Waals surface area contributed by atoms with E-state index in [1.165, 1.54) is 0 Å². The van der Waals surface area contributed by atoms with Crippen LogP contribution < -0.4 is 19.9 Å². The molecule has 2 aliphatic heterocycles. The van der Waals surface area contributed by atoms with Crippen molar-refractivity contribution >= 4 is 34.8 Å². The molecule has 2 aliphatic rings. The number of carbonyl (C=O) groups excluding carboxylic acids is 3. The van der Waals surface area contributed by atoms with Gasteiger partial charge in [0.15, 0.2) is 0 Å². The van der Waals surface area contributed by atoms with Gasteiger partial charge in [-0.2, -0.15) is 0 Å². The van der Waals surface area contributed by atoms with Crippen LogP contribution in [0, 0.1) is 5.92 Å². The fraction of sp³-hybridized carbons (Fsp3) is 0.348. The van der Waals surface area contributed by atoms with Crippen LogP contribution in [-0.4, -0.2) is 37.4 Å². The zero-order valence-electron chi connectivity index (χ0n) is 17.0. The average Bonchev–Trinajstić information content (AvgIpc) is 3.35. The zero-order chi connectivity index (χ0) is 21.1. The topological polar surface area (TPSA) is 79.0 Å². The summed E-state index contributed by atoms with van der Waals surface area (Å²) in [4.78, 5) is 40.6. The standard InChI is InChI=1S/C23H25N3O4/c1-2-30-20-7-4-3-6-19(20)26-15-16(14-22(26)28)23(29)24-17-9-11-18(12-10-17)25-13-5-8-21(25)27/h3-4,6-7,9-12,16H,2,5,8,13-15H2,1H3,(H,24,29)/t16-/m0/s1. The van der Waals surface area contributed by atoms with Crippen LogP contribution in [0.3, 0.4) is 0 Å². The van der Waals surface area contributed by atoms with Gasteiger partial charge < -0.3 is 19.9 Å². The van der Waals surface area contributed by atoms with Gasteiger partial charge in [0, 0.05) is 37.3 Å². The molecule has 0 saturated carbocycles. The molecule has 7 nitrogen and oxygen atoms in total. The fourth-order valence-electron chi connectivity index (χ4n) is 3.96. The van der Waals surface area contributed by atoms with Gasteiger partial charge in [0.2, 0.25) is 17.7 Å². The van der Waals surface area contributed by atoms with Gasteiger partial charge >= 0.3 is 0 Å². The highest BCUT2D eigenvalue weighted by Crippen LogP contribution is 2.33. The molecule has 3 amide bonds. The Kier molecular flexibility index (Phi) is 5.70. The molecule has 2 fully saturated rings. The summed E-state index contributed by atoms with van der Waals surface area (Å²) >= 11 is 0. The van der Waals surface area contributed by atoms with Gasteiger partial charge in [-0.1, -0.05) is 12.1 Å². The average molecular weight is 407 g/mol. The van der Waals surface area contributed by atoms with Gasteiger partial charge in [0.1, 0.15) is 5.75 Å². The molecule has 0 bridgehead atoms. The summed E-state index contributed by atoms with van der Waals surface area (Å²) < 4.78 is 5.63. The number of ether oxygens (including phenoxy) is 1. The number of para-hydroxylation sites is 2. The molecule has 0 aliphatic carbocycles. The molecular formula is C23H25N3O4. The highest BCUT2D eigenvalue weighted by Gasteiger charge is 2.36. The summed E-state index contributed by atoms with van der Waals surface area (Å²) in [6, 6.07) is 14.6. The molecule has 2 heterocycles. The largest absolute Gasteiger partial charge is 0.492 e. The first-order chi connectivity index (χ1) is 14.6. The molecule has 7 heteroatoms. The minimum atomic E-state index is -0.438. The normalized spacial score (nSPS) is 18.8. The van der Waals surface area contributed by atoms with Crippen LogP contribution in [0.15, 0.2) is 48.5 Å². The van der Waals surface area contributed by atoms with Crippen molar-refractivity contribution in [3.05, 3.63) is 48.5 Å². The van der Waals surface area contributed by atoms with Gasteiger partial charge in [-0.05, 0) is 49.7 Å². The number of hydrogen-bond acceptors (Lipinski definition) is 4. The summed E-state index contributed by atoms with van der Waals surface area (Å²) in [5.74, 6) is 0.0482. The number of amides is 3. The van der Waals surface area contributed by atoms with E-state index in [4.69, 9.17) is 4.74 Å². The zero-order valence-corrected chi connectivity index (χ0v) is 17.0. The molecule has 30 heavy (non-hydrogen) atoms. The van der Waals surface area contributed by atoms with Gasteiger partial charge in [-0.15, -0.1) is 0 Å². The first-order valence-electron chi connectivity index (χ1n) is 10.3. The Balaban J connectivity index is 1.41. The Bertz CT molecular complexity index is 957. The Morgan fingerprint density at radius 1 is 1.07 bits per heavy atom. The van der Waals surface area contributed by atoms with E-state index in [2.05, 4.69) is 5.32 Å². The van der Waals surface area contributed by atoms with Crippen molar-refractivity contribution in [3.63, 3.8) is 0 Å². The van der Waals surface area contributed by atoms with Crippen molar-refractivity contribution in [1.82, 2.24) is 0 Å². The van der Waals surface area contributed by atoms with Crippen LogP contribution in [0.4, 0.5) is 17.1 Å². The predicted molar refractivity (Wildman–Crippen MR) is 115 cm³/mol. The number of nitrogens with zero attached hydrogens (tertiary/aromatic N) is 2. The lowest BCUT2D eigenvalue weighted by Crippen LogP contribution is -2.28. The third-order valence-electron chi connectivity index (χ3n) is 5.47. The molecule has 2 aromatic rings. The Morgan fingerprint density at radius 2 is 1.83 bits per heavy atom. The highest BCUT2D eigenvalue weighted by atomic mass is 16.5. The minimum absolute atomic E-state index is 0.0924. The van der Waals surface area contributed by atoms with E-state index in [0.29, 0.717) is 36.7 Å². The van der Waals surface area contributed by atoms with Crippen molar-refractivity contribution in [1.29, 1.82) is 0 Å². The van der Waals surface area contributed by atoms with E-state index in [1.807, 2.05) is 43.3 Å². The maximum absolute atomic E-state index is 12.8. The SMILES string of the molecule is CCOc1ccccc1N1C[C@@H](C(=O)Nc2ccc(N3CCCC3=O)cc2)CC1=O. The number of nitrogens with one attached hydrogen (secondary N) is 1. The molecule has 156 valence electrons. The second kappa shape index (κ2) is 8.57. The summed E-state index contributed by atoms with van der Waals surface area (Å²) in [6.07, 6.45) is 1.61. The second-order valence-electron chi connectivity index (χ2n) is 7.49. The second-order valence-corrected chi connectivity index (χ2v) is 7.49. The third-order valence-corrected chi connectivity index (χ3v) is 5.47. The molecule has 0 radical (unpaired) electrons. The molecule has 0 aromatic heterocycles. The lowest BCUT2D eigenvalue weighted by atomic mass is 10.1. The Hall–Kier alpha value is -3.35. The van der Waals surface area contributed by atoms with Crippen molar-refractivity contribution in [2.75, 3.05) is 34.8 Å². The van der Waals surface area contributed by atoms with Crippen LogP contribution in [0.2, 0.25) is 0 Å². The summed E-state index contributed by atoms with van der Waals surface area (Å²) in [5, 5.41) is 2.89. The van der Waals surface area contributed by atoms with Gasteiger partial charge in [-0.3, -0.25) is 14.4 Å². The smallest absolute Gasteiger partial charge is 0.229 e. The lowest BCUT2D eigenvalue weighted by molar-refractivity contribution is -0.122. The monoisotopic (exact) mass is 407 g/mol. The molecule has 2 saturated heterocycles. The van der Waals surface area contributed by atoms with Gasteiger partial charge in [0.25, 0.3) is 0 Å². The summed E-state index contributed by atoms with van der Waals surface area (Å²) in [7, 11) is 0. The number of anilines is 3. The number of benzene rings is 2. The van der Waals surface area contributed by atoms with Crippen molar-refractivity contribution in [2.24, 2.45) is 5.92 Å². The number of hydrogen-bond donors (Lipinski definition) is 1. The van der Waals surface area contributed by atoms with E-state index in [0.717, 1.165) is 18.7 Å². The molecule has 1 atom stereocenters. The van der Waals surface area contributed by atoms with Crippen LogP contribution in [-0.2, 0) is 14.4 Å². The molecule has 0 spiro atoms. The van der Waals surface area contributed by atoms with E-state index >= 15 is 0 Å². The quantitative estimate of drug-likeness (QED) is 0.798. The highest BCUT2D eigenvalue weighted by molar-refractivity contribution is 6.04. The van der Waals surface area contributed by atoms with Crippen molar-refractivity contribution in [3.8, 4) is 5.75 Å². The van der Waals surface area contributed by atoms with Crippen molar-refractivity contribution in [2.45, 2.75) is 26.2 Å². The van der Waals surface area contributed by atoms with Crippen molar-refractivity contribution < 1.29 is 19.1 Å². The molecular weight excluding hydrogens is 382 g/mol. The van der Waals surface area contributed by atoms with E-state index in [1.54, 1.807) is 21.9 Å². The number of rotatable bonds is 6. The Morgan fingerprint density at radius 3 is 2.53 bits per heavy atom. The maximum atomic E-state index is 12.8. The molecule has 2 aromatic carbocycles. The molecule has 1 N–H and O–H groups in total. The maximum Gasteiger partial charge on any atom is 0.229 e. The van der Waals surface area contributed by atoms with Gasteiger partial charge in [-0.25, -0.2) is 0 Å². The van der Waals surface area contributed by atoms with Crippen LogP contribution in [0.1, 0.15) is 26.2 Å². The van der Waals surface area contributed by atoms with Crippen LogP contribution >= 0.6 is 0 Å². The third kappa shape index (κ3) is 4.01. The minimum Gasteiger partial charge on any atom is -0.492 e. The fourth-order valence-corrected chi connectivity index (χ4v) is 3.96. The van der Waals surface area contributed by atoms with E-state index in [-0.39, 0.29) is 24.1 Å². The lowest BCUT2D eigenvalue weighted by Gasteiger charge is -2.20. The van der Waals surface area contributed by atoms with Crippen LogP contribution in [0.5, 0.6) is 5.75 Å². The summed E-state index contributed by atoms with van der Waals surface area (Å²) in [6.45, 7) is 3.44. The van der Waals surface area contributed by atoms with Crippen LogP contribution in [0.25, 0.3) is 0 Å². The number of carbonyl (C=O) groups is 3. The predicted octanol–water partition coefficient (Wildman–Crippen LogP) is 3.20. The summed E-state index contributed by atoms with van der Waals surface area (Å²) in [5.41, 5.74) is 2.18. The first kappa shape index (κ1) is 19.9. The molecule has 4 rings (SSSR count). The van der Waals surface area contributed by atoms with Gasteiger partial charge in [0.05, 0.1) is 18.2 Å². The Labute approximate surface area is 175 Å². The van der Waals surface area contributed by atoms with E-state index < -0.39 is 5.92 Å². The first-order valence-corrected chi connectivity index (χ1v) is 10.3. The molecule has 0 unspecified atom stereocenters.